The third-order valence-corrected chi connectivity index (χ3v) is 2.86. The van der Waals surface area contributed by atoms with Gasteiger partial charge >= 0.3 is 0 Å². The van der Waals surface area contributed by atoms with Crippen LogP contribution in [0.1, 0.15) is 31.9 Å². The fourth-order valence-corrected chi connectivity index (χ4v) is 1.82. The van der Waals surface area contributed by atoms with Gasteiger partial charge in [-0.3, -0.25) is 4.98 Å². The normalized spacial score (nSPS) is 11.9. The van der Waals surface area contributed by atoms with Crippen LogP contribution >= 0.6 is 11.6 Å². The Morgan fingerprint density at radius 3 is 2.55 bits per heavy atom. The van der Waals surface area contributed by atoms with Gasteiger partial charge in [0.2, 0.25) is 17.2 Å². The van der Waals surface area contributed by atoms with E-state index in [1.807, 2.05) is 19.1 Å². The van der Waals surface area contributed by atoms with E-state index in [4.69, 9.17) is 11.6 Å². The first kappa shape index (κ1) is 14.5. The zero-order valence-corrected chi connectivity index (χ0v) is 12.2. The molecule has 1 atom stereocenters. The second-order valence-corrected chi connectivity index (χ2v) is 4.66. The summed E-state index contributed by atoms with van der Waals surface area (Å²) in [6, 6.07) is 3.93. The van der Waals surface area contributed by atoms with Crippen LogP contribution < -0.4 is 10.6 Å². The number of hydrogen-bond acceptors (Lipinski definition) is 6. The third kappa shape index (κ3) is 4.03. The van der Waals surface area contributed by atoms with Crippen molar-refractivity contribution >= 4 is 23.5 Å². The molecule has 1 unspecified atom stereocenters. The molecule has 0 radical (unpaired) electrons. The Kier molecular flexibility index (Phi) is 5.06. The van der Waals surface area contributed by atoms with E-state index in [1.54, 1.807) is 12.4 Å². The maximum Gasteiger partial charge on any atom is 0.229 e. The first-order chi connectivity index (χ1) is 9.69. The predicted octanol–water partition coefficient (Wildman–Crippen LogP) is 2.92. The highest BCUT2D eigenvalue weighted by atomic mass is 35.5. The molecule has 0 aliphatic carbocycles. The van der Waals surface area contributed by atoms with Crippen molar-refractivity contribution in [2.75, 3.05) is 17.2 Å². The van der Waals surface area contributed by atoms with Crippen LogP contribution in [0.3, 0.4) is 0 Å². The molecule has 2 aromatic rings. The van der Waals surface area contributed by atoms with Crippen molar-refractivity contribution in [3.63, 3.8) is 0 Å². The molecule has 0 spiro atoms. The Bertz CT molecular complexity index is 548. The summed E-state index contributed by atoms with van der Waals surface area (Å²) in [5.41, 5.74) is 1.10. The Hall–Kier alpha value is -1.95. The molecule has 20 heavy (non-hydrogen) atoms. The molecule has 0 saturated carbocycles. The summed E-state index contributed by atoms with van der Waals surface area (Å²) in [6.07, 6.45) is 4.49. The van der Waals surface area contributed by atoms with Gasteiger partial charge in [-0.2, -0.15) is 15.0 Å². The van der Waals surface area contributed by atoms with E-state index in [0.29, 0.717) is 11.9 Å². The van der Waals surface area contributed by atoms with Crippen molar-refractivity contribution in [3.8, 4) is 0 Å². The maximum atomic E-state index is 5.91. The van der Waals surface area contributed by atoms with Gasteiger partial charge in [0.1, 0.15) is 0 Å². The lowest BCUT2D eigenvalue weighted by Crippen LogP contribution is -2.12. The van der Waals surface area contributed by atoms with Crippen molar-refractivity contribution in [2.24, 2.45) is 0 Å². The van der Waals surface area contributed by atoms with Gasteiger partial charge in [-0.05, 0) is 42.6 Å². The molecule has 0 aliphatic heterocycles. The van der Waals surface area contributed by atoms with Gasteiger partial charge < -0.3 is 10.6 Å². The minimum atomic E-state index is 0.0514. The second kappa shape index (κ2) is 7.00. The summed E-state index contributed by atoms with van der Waals surface area (Å²) in [5.74, 6) is 0.934. The predicted molar refractivity (Wildman–Crippen MR) is 79.9 cm³/mol. The van der Waals surface area contributed by atoms with Crippen LogP contribution in [0.5, 0.6) is 0 Å². The van der Waals surface area contributed by atoms with Crippen molar-refractivity contribution in [1.29, 1.82) is 0 Å². The summed E-state index contributed by atoms with van der Waals surface area (Å²) in [4.78, 5) is 16.4. The Morgan fingerprint density at radius 2 is 1.85 bits per heavy atom. The van der Waals surface area contributed by atoms with Crippen LogP contribution in [-0.2, 0) is 0 Å². The Balaban J connectivity index is 2.10. The zero-order valence-electron chi connectivity index (χ0n) is 11.5. The standard InChI is InChI=1S/C13H17ClN6/c1-3-6-16-12-18-11(14)19-13(20-12)17-9(2)10-4-7-15-8-5-10/h4-5,7-9H,3,6H2,1-2H3,(H2,16,17,18,19,20). The fraction of sp³-hybridized carbons (Fsp3) is 0.385. The highest BCUT2D eigenvalue weighted by Gasteiger charge is 2.09. The summed E-state index contributed by atoms with van der Waals surface area (Å²) in [5, 5.41) is 6.46. The average Bonchev–Trinajstić information content (AvgIpc) is 2.45. The van der Waals surface area contributed by atoms with Crippen LogP contribution in [0.25, 0.3) is 0 Å². The van der Waals surface area contributed by atoms with E-state index in [0.717, 1.165) is 18.5 Å². The van der Waals surface area contributed by atoms with Gasteiger partial charge in [0.25, 0.3) is 0 Å². The number of halogens is 1. The minimum Gasteiger partial charge on any atom is -0.354 e. The Morgan fingerprint density at radius 1 is 1.15 bits per heavy atom. The van der Waals surface area contributed by atoms with Crippen molar-refractivity contribution < 1.29 is 0 Å². The molecule has 0 saturated heterocycles. The fourth-order valence-electron chi connectivity index (χ4n) is 1.66. The first-order valence-electron chi connectivity index (χ1n) is 6.51. The lowest BCUT2D eigenvalue weighted by molar-refractivity contribution is 0.848. The Labute approximate surface area is 123 Å². The molecule has 2 aromatic heterocycles. The van der Waals surface area contributed by atoms with Crippen LogP contribution in [0.4, 0.5) is 11.9 Å². The number of anilines is 2. The minimum absolute atomic E-state index is 0.0514. The van der Waals surface area contributed by atoms with Crippen LogP contribution in [-0.4, -0.2) is 26.5 Å². The summed E-state index contributed by atoms with van der Waals surface area (Å²) in [6.45, 7) is 4.88. The van der Waals surface area contributed by atoms with Gasteiger partial charge in [-0.15, -0.1) is 0 Å². The largest absolute Gasteiger partial charge is 0.354 e. The van der Waals surface area contributed by atoms with Gasteiger partial charge in [0.15, 0.2) is 0 Å². The van der Waals surface area contributed by atoms with E-state index in [9.17, 15) is 0 Å². The van der Waals surface area contributed by atoms with E-state index in [-0.39, 0.29) is 11.3 Å². The van der Waals surface area contributed by atoms with E-state index in [2.05, 4.69) is 37.5 Å². The maximum absolute atomic E-state index is 5.91. The molecule has 2 N–H and O–H groups in total. The molecule has 2 heterocycles. The molecule has 106 valence electrons. The van der Waals surface area contributed by atoms with Gasteiger partial charge in [0.05, 0.1) is 6.04 Å². The SMILES string of the molecule is CCCNc1nc(Cl)nc(NC(C)c2ccncc2)n1. The van der Waals surface area contributed by atoms with Crippen molar-refractivity contribution in [2.45, 2.75) is 26.3 Å². The van der Waals surface area contributed by atoms with Crippen LogP contribution in [0.2, 0.25) is 5.28 Å². The molecule has 0 fully saturated rings. The number of hydrogen-bond donors (Lipinski definition) is 2. The quantitative estimate of drug-likeness (QED) is 0.852. The number of pyridine rings is 1. The summed E-state index contributed by atoms with van der Waals surface area (Å²) in [7, 11) is 0. The van der Waals surface area contributed by atoms with Crippen molar-refractivity contribution in [3.05, 3.63) is 35.4 Å². The molecule has 0 amide bonds. The highest BCUT2D eigenvalue weighted by Crippen LogP contribution is 2.17. The summed E-state index contributed by atoms with van der Waals surface area (Å²) >= 11 is 5.91. The smallest absolute Gasteiger partial charge is 0.229 e. The molecular weight excluding hydrogens is 276 g/mol. The topological polar surface area (TPSA) is 75.6 Å². The monoisotopic (exact) mass is 292 g/mol. The number of aromatic nitrogens is 4. The lowest BCUT2D eigenvalue weighted by atomic mass is 10.1. The van der Waals surface area contributed by atoms with Gasteiger partial charge in [-0.1, -0.05) is 6.92 Å². The lowest BCUT2D eigenvalue weighted by Gasteiger charge is -2.14. The number of nitrogens with zero attached hydrogens (tertiary/aromatic N) is 4. The third-order valence-electron chi connectivity index (χ3n) is 2.69. The molecular formula is C13H17ClN6. The average molecular weight is 293 g/mol. The number of nitrogens with one attached hydrogen (secondary N) is 2. The first-order valence-corrected chi connectivity index (χ1v) is 6.88. The van der Waals surface area contributed by atoms with Crippen molar-refractivity contribution in [1.82, 2.24) is 19.9 Å². The van der Waals surface area contributed by atoms with Gasteiger partial charge in [-0.25, -0.2) is 0 Å². The summed E-state index contributed by atoms with van der Waals surface area (Å²) < 4.78 is 0. The van der Waals surface area contributed by atoms with E-state index >= 15 is 0 Å². The molecule has 0 aliphatic rings. The second-order valence-electron chi connectivity index (χ2n) is 4.33. The van der Waals surface area contributed by atoms with Crippen LogP contribution in [0.15, 0.2) is 24.5 Å². The molecule has 0 aromatic carbocycles. The number of rotatable bonds is 6. The van der Waals surface area contributed by atoms with E-state index in [1.165, 1.54) is 0 Å². The zero-order chi connectivity index (χ0) is 14.4. The molecule has 7 heteroatoms. The molecule has 6 nitrogen and oxygen atoms in total. The van der Waals surface area contributed by atoms with Gasteiger partial charge in [0, 0.05) is 18.9 Å². The highest BCUT2D eigenvalue weighted by molar-refractivity contribution is 6.28. The molecule has 0 bridgehead atoms. The van der Waals surface area contributed by atoms with E-state index < -0.39 is 0 Å². The molecule has 2 rings (SSSR count). The van der Waals surface area contributed by atoms with Crippen LogP contribution in [0, 0.1) is 0 Å².